The molecule has 0 atom stereocenters. The molecule has 0 aromatic heterocycles. The van der Waals surface area contributed by atoms with Crippen LogP contribution in [-0.4, -0.2) is 19.1 Å². The number of carbonyl (C=O) groups is 1. The van der Waals surface area contributed by atoms with Gasteiger partial charge in [0.2, 0.25) is 0 Å². The summed E-state index contributed by atoms with van der Waals surface area (Å²) in [5.41, 5.74) is 2.61. The van der Waals surface area contributed by atoms with E-state index >= 15 is 0 Å². The molecule has 3 rings (SSSR count). The lowest BCUT2D eigenvalue weighted by atomic mass is 10.1. The third-order valence-corrected chi connectivity index (χ3v) is 4.27. The van der Waals surface area contributed by atoms with Gasteiger partial charge in [0.25, 0.3) is 5.91 Å². The van der Waals surface area contributed by atoms with Crippen LogP contribution in [0.2, 0.25) is 5.02 Å². The molecule has 2 aromatic carbocycles. The Hall–Kier alpha value is -2.20. The van der Waals surface area contributed by atoms with Crippen molar-refractivity contribution in [3.63, 3.8) is 0 Å². The average Bonchev–Trinajstić information content (AvgIpc) is 2.71. The van der Waals surface area contributed by atoms with Crippen LogP contribution in [0.3, 0.4) is 0 Å². The van der Waals surface area contributed by atoms with E-state index in [4.69, 9.17) is 21.1 Å². The van der Waals surface area contributed by atoms with Crippen LogP contribution in [0.5, 0.6) is 11.5 Å². The minimum Gasteiger partial charge on any atom is -0.490 e. The Balaban J connectivity index is 2.02. The minimum absolute atomic E-state index is 0.0248. The van der Waals surface area contributed by atoms with Crippen LogP contribution in [0.15, 0.2) is 36.4 Å². The Kier molecular flexibility index (Phi) is 4.44. The predicted molar refractivity (Wildman–Crippen MR) is 90.5 cm³/mol. The van der Waals surface area contributed by atoms with E-state index in [1.165, 1.54) is 0 Å². The van der Waals surface area contributed by atoms with Gasteiger partial charge in [-0.1, -0.05) is 29.8 Å². The van der Waals surface area contributed by atoms with Gasteiger partial charge in [-0.3, -0.25) is 4.79 Å². The van der Waals surface area contributed by atoms with Gasteiger partial charge in [-0.2, -0.15) is 0 Å². The molecule has 120 valence electrons. The number of benzene rings is 2. The number of para-hydroxylation sites is 1. The Morgan fingerprint density at radius 3 is 2.83 bits per heavy atom. The summed E-state index contributed by atoms with van der Waals surface area (Å²) in [6.07, 6.45) is 0. The summed E-state index contributed by atoms with van der Waals surface area (Å²) < 4.78 is 11.3. The normalized spacial score (nSPS) is 14.0. The highest BCUT2D eigenvalue weighted by Gasteiger charge is 2.26. The summed E-state index contributed by atoms with van der Waals surface area (Å²) in [5.74, 6) is 1.21. The maximum absolute atomic E-state index is 12.5. The fourth-order valence-electron chi connectivity index (χ4n) is 2.70. The van der Waals surface area contributed by atoms with Crippen molar-refractivity contribution in [3.8, 4) is 11.5 Å². The molecule has 0 saturated carbocycles. The number of nitrogens with zero attached hydrogens (tertiary/aromatic N) is 1. The Bertz CT molecular complexity index is 745. The molecule has 0 radical (unpaired) electrons. The molecule has 1 aliphatic heterocycles. The lowest BCUT2D eigenvalue weighted by Gasteiger charge is -2.22. The van der Waals surface area contributed by atoms with Crippen LogP contribution in [0.1, 0.15) is 18.1 Å². The minimum atomic E-state index is -0.103. The van der Waals surface area contributed by atoms with Gasteiger partial charge in [-0.05, 0) is 37.6 Å². The highest BCUT2D eigenvalue weighted by Crippen LogP contribution is 2.36. The summed E-state index contributed by atoms with van der Waals surface area (Å²) in [4.78, 5) is 14.2. The van der Waals surface area contributed by atoms with E-state index in [0.717, 1.165) is 16.8 Å². The summed E-state index contributed by atoms with van der Waals surface area (Å²) in [5, 5.41) is 0.642. The number of anilines is 1. The second-order valence-electron chi connectivity index (χ2n) is 5.33. The van der Waals surface area contributed by atoms with Crippen molar-refractivity contribution in [2.45, 2.75) is 20.4 Å². The van der Waals surface area contributed by atoms with Crippen LogP contribution in [-0.2, 0) is 11.3 Å². The number of fused-ring (bicyclic) bond motifs is 1. The van der Waals surface area contributed by atoms with E-state index in [9.17, 15) is 4.79 Å². The van der Waals surface area contributed by atoms with Crippen molar-refractivity contribution in [3.05, 3.63) is 52.5 Å². The number of ether oxygens (including phenoxy) is 2. The first-order chi connectivity index (χ1) is 11.1. The molecule has 5 heteroatoms. The lowest BCUT2D eigenvalue weighted by Crippen LogP contribution is -2.32. The highest BCUT2D eigenvalue weighted by molar-refractivity contribution is 6.31. The van der Waals surface area contributed by atoms with Gasteiger partial charge in [0.1, 0.15) is 0 Å². The van der Waals surface area contributed by atoms with Crippen molar-refractivity contribution in [1.29, 1.82) is 0 Å². The van der Waals surface area contributed by atoms with Crippen LogP contribution in [0, 0.1) is 6.92 Å². The molecule has 0 fully saturated rings. The number of halogens is 1. The first-order valence-corrected chi connectivity index (χ1v) is 7.92. The van der Waals surface area contributed by atoms with Gasteiger partial charge >= 0.3 is 0 Å². The van der Waals surface area contributed by atoms with Crippen LogP contribution >= 0.6 is 11.6 Å². The van der Waals surface area contributed by atoms with Crippen LogP contribution < -0.4 is 14.4 Å². The topological polar surface area (TPSA) is 38.8 Å². The van der Waals surface area contributed by atoms with Gasteiger partial charge in [0.05, 0.1) is 13.2 Å². The number of hydrogen-bond acceptors (Lipinski definition) is 3. The Labute approximate surface area is 140 Å². The smallest absolute Gasteiger partial charge is 0.265 e. The molecule has 1 aliphatic rings. The van der Waals surface area contributed by atoms with Crippen molar-refractivity contribution >= 4 is 23.2 Å². The SMILES string of the molecule is CCOc1cccc2c1OCC(=O)N(c1cccc(Cl)c1C)C2. The van der Waals surface area contributed by atoms with E-state index in [1.54, 1.807) is 4.90 Å². The number of carbonyl (C=O) groups excluding carboxylic acids is 1. The predicted octanol–water partition coefficient (Wildman–Crippen LogP) is 3.97. The third-order valence-electron chi connectivity index (χ3n) is 3.86. The number of hydrogen-bond donors (Lipinski definition) is 0. The molecule has 23 heavy (non-hydrogen) atoms. The Morgan fingerprint density at radius 2 is 2.04 bits per heavy atom. The van der Waals surface area contributed by atoms with E-state index in [-0.39, 0.29) is 12.5 Å². The van der Waals surface area contributed by atoms with Gasteiger partial charge < -0.3 is 14.4 Å². The molecule has 0 spiro atoms. The Morgan fingerprint density at radius 1 is 1.26 bits per heavy atom. The zero-order valence-corrected chi connectivity index (χ0v) is 13.9. The van der Waals surface area contributed by atoms with Gasteiger partial charge in [0.15, 0.2) is 18.1 Å². The third kappa shape index (κ3) is 2.99. The van der Waals surface area contributed by atoms with E-state index in [1.807, 2.05) is 50.2 Å². The maximum atomic E-state index is 12.5. The van der Waals surface area contributed by atoms with E-state index in [2.05, 4.69) is 0 Å². The molecule has 1 amide bonds. The largest absolute Gasteiger partial charge is 0.490 e. The van der Waals surface area contributed by atoms with Crippen molar-refractivity contribution in [2.24, 2.45) is 0 Å². The van der Waals surface area contributed by atoms with Crippen LogP contribution in [0.4, 0.5) is 5.69 Å². The van der Waals surface area contributed by atoms with Gasteiger partial charge in [-0.15, -0.1) is 0 Å². The first kappa shape index (κ1) is 15.7. The van der Waals surface area contributed by atoms with Crippen molar-refractivity contribution in [1.82, 2.24) is 0 Å². The fourth-order valence-corrected chi connectivity index (χ4v) is 2.87. The second kappa shape index (κ2) is 6.50. The first-order valence-electron chi connectivity index (χ1n) is 7.54. The average molecular weight is 332 g/mol. The molecule has 0 aliphatic carbocycles. The van der Waals surface area contributed by atoms with E-state index < -0.39 is 0 Å². The number of rotatable bonds is 3. The fraction of sp³-hybridized carbons (Fsp3) is 0.278. The summed E-state index contributed by atoms with van der Waals surface area (Å²) >= 11 is 6.20. The highest BCUT2D eigenvalue weighted by atomic mass is 35.5. The molecule has 0 bridgehead atoms. The van der Waals surface area contributed by atoms with E-state index in [0.29, 0.717) is 29.7 Å². The van der Waals surface area contributed by atoms with Gasteiger partial charge in [-0.25, -0.2) is 0 Å². The van der Waals surface area contributed by atoms with Crippen LogP contribution in [0.25, 0.3) is 0 Å². The summed E-state index contributed by atoms with van der Waals surface area (Å²) in [7, 11) is 0. The zero-order chi connectivity index (χ0) is 16.4. The zero-order valence-electron chi connectivity index (χ0n) is 13.1. The van der Waals surface area contributed by atoms with Crippen molar-refractivity contribution in [2.75, 3.05) is 18.1 Å². The molecule has 0 unspecified atom stereocenters. The molecule has 4 nitrogen and oxygen atoms in total. The maximum Gasteiger partial charge on any atom is 0.265 e. The monoisotopic (exact) mass is 331 g/mol. The van der Waals surface area contributed by atoms with Gasteiger partial charge in [0, 0.05) is 16.3 Å². The molecule has 0 N–H and O–H groups in total. The molecule has 1 heterocycles. The molecule has 0 saturated heterocycles. The second-order valence-corrected chi connectivity index (χ2v) is 5.74. The quantitative estimate of drug-likeness (QED) is 0.854. The molecular formula is C18H18ClNO3. The molecular weight excluding hydrogens is 314 g/mol. The van der Waals surface area contributed by atoms with Crippen molar-refractivity contribution < 1.29 is 14.3 Å². The summed E-state index contributed by atoms with van der Waals surface area (Å²) in [6.45, 7) is 4.78. The summed E-state index contributed by atoms with van der Waals surface area (Å²) in [6, 6.07) is 11.3. The standard InChI is InChI=1S/C18H18ClNO3/c1-3-22-16-9-4-6-13-10-20(17(21)11-23-18(13)16)15-8-5-7-14(19)12(15)2/h4-9H,3,10-11H2,1-2H3. The molecule has 2 aromatic rings. The number of amides is 1. The lowest BCUT2D eigenvalue weighted by molar-refractivity contribution is -0.120.